The Morgan fingerprint density at radius 2 is 1.86 bits per heavy atom. The van der Waals surface area contributed by atoms with Gasteiger partial charge < -0.3 is 15.2 Å². The van der Waals surface area contributed by atoms with Crippen LogP contribution in [0.5, 0.6) is 11.5 Å². The lowest BCUT2D eigenvalue weighted by Crippen LogP contribution is -2.11. The van der Waals surface area contributed by atoms with Gasteiger partial charge in [0, 0.05) is 17.5 Å². The average Bonchev–Trinajstić information content (AvgIpc) is 2.52. The summed E-state index contributed by atoms with van der Waals surface area (Å²) in [6.07, 6.45) is 3.11. The molecular weight excluding hydrogens is 268 g/mol. The summed E-state index contributed by atoms with van der Waals surface area (Å²) < 4.78 is 10.5. The van der Waals surface area contributed by atoms with Crippen molar-refractivity contribution >= 4 is 5.91 Å². The smallest absolute Gasteiger partial charge is 0.248 e. The molecule has 1 heterocycles. The van der Waals surface area contributed by atoms with Gasteiger partial charge in [0.15, 0.2) is 11.5 Å². The Kier molecular flexibility index (Phi) is 4.77. The second-order valence-electron chi connectivity index (χ2n) is 4.59. The molecule has 1 aromatic heterocycles. The Morgan fingerprint density at radius 3 is 2.52 bits per heavy atom. The number of nitrogens with two attached hydrogens (primary N) is 1. The molecule has 2 aromatic rings. The van der Waals surface area contributed by atoms with Crippen LogP contribution in [0, 0.1) is 0 Å². The number of hydrogen-bond donors (Lipinski definition) is 1. The molecular formula is C16H18N2O3. The molecule has 1 amide bonds. The quantitative estimate of drug-likeness (QED) is 0.881. The molecule has 0 aliphatic carbocycles. The number of methoxy groups -OCH3 is 2. The lowest BCUT2D eigenvalue weighted by Gasteiger charge is -2.09. The van der Waals surface area contributed by atoms with Crippen molar-refractivity contribution in [3.05, 3.63) is 53.3 Å². The monoisotopic (exact) mass is 286 g/mol. The number of benzene rings is 1. The van der Waals surface area contributed by atoms with Gasteiger partial charge in [0.25, 0.3) is 0 Å². The summed E-state index contributed by atoms with van der Waals surface area (Å²) in [6, 6.07) is 9.14. The van der Waals surface area contributed by atoms with E-state index >= 15 is 0 Å². The van der Waals surface area contributed by atoms with Crippen molar-refractivity contribution in [2.75, 3.05) is 14.2 Å². The normalized spacial score (nSPS) is 10.2. The van der Waals surface area contributed by atoms with Crippen molar-refractivity contribution in [1.29, 1.82) is 0 Å². The van der Waals surface area contributed by atoms with Gasteiger partial charge in [0.05, 0.1) is 14.2 Å². The van der Waals surface area contributed by atoms with E-state index in [9.17, 15) is 4.79 Å². The average molecular weight is 286 g/mol. The molecule has 5 nitrogen and oxygen atoms in total. The third-order valence-corrected chi connectivity index (χ3v) is 3.22. The molecule has 0 saturated carbocycles. The second-order valence-corrected chi connectivity index (χ2v) is 4.59. The van der Waals surface area contributed by atoms with Gasteiger partial charge in [-0.15, -0.1) is 0 Å². The van der Waals surface area contributed by atoms with Gasteiger partial charge in [-0.1, -0.05) is 6.07 Å². The van der Waals surface area contributed by atoms with Crippen LogP contribution in [0.1, 0.15) is 21.6 Å². The largest absolute Gasteiger partial charge is 0.493 e. The lowest BCUT2D eigenvalue weighted by molar-refractivity contribution is 0.1000. The first-order valence-electron chi connectivity index (χ1n) is 6.59. The Bertz CT molecular complexity index is 641. The Hall–Kier alpha value is -2.56. The van der Waals surface area contributed by atoms with Crippen molar-refractivity contribution in [3.63, 3.8) is 0 Å². The van der Waals surface area contributed by atoms with Crippen molar-refractivity contribution in [2.45, 2.75) is 12.8 Å². The molecule has 0 atom stereocenters. The number of carbonyl (C=O) groups excluding carboxylic acids is 1. The van der Waals surface area contributed by atoms with Gasteiger partial charge in [-0.3, -0.25) is 9.78 Å². The van der Waals surface area contributed by atoms with E-state index in [1.54, 1.807) is 32.5 Å². The molecule has 0 aliphatic rings. The van der Waals surface area contributed by atoms with Crippen molar-refractivity contribution in [3.8, 4) is 11.5 Å². The van der Waals surface area contributed by atoms with E-state index < -0.39 is 5.91 Å². The van der Waals surface area contributed by atoms with Gasteiger partial charge in [0.1, 0.15) is 0 Å². The van der Waals surface area contributed by atoms with Gasteiger partial charge >= 0.3 is 0 Å². The summed E-state index contributed by atoms with van der Waals surface area (Å²) in [5.74, 6) is 0.966. The van der Waals surface area contributed by atoms with Crippen LogP contribution in [-0.2, 0) is 12.8 Å². The zero-order valence-corrected chi connectivity index (χ0v) is 12.1. The molecule has 0 fully saturated rings. The SMILES string of the molecule is COc1ccc(CCc2cc(C(N)=O)ccn2)cc1OC. The maximum Gasteiger partial charge on any atom is 0.248 e. The summed E-state index contributed by atoms with van der Waals surface area (Å²) in [4.78, 5) is 15.4. The van der Waals surface area contributed by atoms with Crippen LogP contribution in [0.4, 0.5) is 0 Å². The predicted molar refractivity (Wildman–Crippen MR) is 79.7 cm³/mol. The summed E-state index contributed by atoms with van der Waals surface area (Å²) in [7, 11) is 3.22. The van der Waals surface area contributed by atoms with Crippen LogP contribution in [0.15, 0.2) is 36.5 Å². The van der Waals surface area contributed by atoms with Crippen LogP contribution in [0.3, 0.4) is 0 Å². The maximum absolute atomic E-state index is 11.1. The van der Waals surface area contributed by atoms with E-state index in [-0.39, 0.29) is 0 Å². The van der Waals surface area contributed by atoms with E-state index in [1.165, 1.54) is 0 Å². The van der Waals surface area contributed by atoms with Gasteiger partial charge in [-0.25, -0.2) is 0 Å². The number of amides is 1. The predicted octanol–water partition coefficient (Wildman–Crippen LogP) is 1.98. The van der Waals surface area contributed by atoms with E-state index in [0.717, 1.165) is 24.1 Å². The summed E-state index contributed by atoms with van der Waals surface area (Å²) in [5.41, 5.74) is 7.69. The Morgan fingerprint density at radius 1 is 1.10 bits per heavy atom. The molecule has 2 rings (SSSR count). The first-order chi connectivity index (χ1) is 10.1. The molecule has 5 heteroatoms. The highest BCUT2D eigenvalue weighted by atomic mass is 16.5. The molecule has 0 saturated heterocycles. The number of aryl methyl sites for hydroxylation is 2. The zero-order valence-electron chi connectivity index (χ0n) is 12.1. The summed E-state index contributed by atoms with van der Waals surface area (Å²) in [6.45, 7) is 0. The molecule has 2 N–H and O–H groups in total. The van der Waals surface area contributed by atoms with Gasteiger partial charge in [-0.2, -0.15) is 0 Å². The highest BCUT2D eigenvalue weighted by Gasteiger charge is 2.06. The lowest BCUT2D eigenvalue weighted by atomic mass is 10.1. The number of carbonyl (C=O) groups is 1. The minimum absolute atomic E-state index is 0.440. The third kappa shape index (κ3) is 3.72. The number of rotatable bonds is 6. The Labute approximate surface area is 123 Å². The molecule has 0 unspecified atom stereocenters. The standard InChI is InChI=1S/C16H18N2O3/c1-20-14-6-4-11(9-15(14)21-2)3-5-13-10-12(16(17)19)7-8-18-13/h4,6-10H,3,5H2,1-2H3,(H2,17,19). The number of hydrogen-bond acceptors (Lipinski definition) is 4. The number of aromatic nitrogens is 1. The maximum atomic E-state index is 11.1. The van der Waals surface area contributed by atoms with E-state index in [0.29, 0.717) is 17.1 Å². The van der Waals surface area contributed by atoms with Crippen LogP contribution < -0.4 is 15.2 Å². The second kappa shape index (κ2) is 6.74. The van der Waals surface area contributed by atoms with Gasteiger partial charge in [-0.05, 0) is 42.7 Å². The first-order valence-corrected chi connectivity index (χ1v) is 6.59. The number of primary amides is 1. The molecule has 0 radical (unpaired) electrons. The van der Waals surface area contributed by atoms with Crippen LogP contribution in [-0.4, -0.2) is 25.1 Å². The van der Waals surface area contributed by atoms with Crippen molar-refractivity contribution < 1.29 is 14.3 Å². The summed E-state index contributed by atoms with van der Waals surface area (Å²) in [5, 5.41) is 0. The fourth-order valence-electron chi connectivity index (χ4n) is 2.08. The highest BCUT2D eigenvalue weighted by Crippen LogP contribution is 2.27. The number of pyridine rings is 1. The number of ether oxygens (including phenoxy) is 2. The molecule has 0 spiro atoms. The zero-order chi connectivity index (χ0) is 15.2. The van der Waals surface area contributed by atoms with Crippen molar-refractivity contribution in [1.82, 2.24) is 4.98 Å². The minimum Gasteiger partial charge on any atom is -0.493 e. The number of nitrogens with zero attached hydrogens (tertiary/aromatic N) is 1. The first kappa shape index (κ1) is 14.8. The molecule has 0 aliphatic heterocycles. The fraction of sp³-hybridized carbons (Fsp3) is 0.250. The third-order valence-electron chi connectivity index (χ3n) is 3.22. The molecule has 110 valence electrons. The fourth-order valence-corrected chi connectivity index (χ4v) is 2.08. The molecule has 1 aromatic carbocycles. The van der Waals surface area contributed by atoms with Gasteiger partial charge in [0.2, 0.25) is 5.91 Å². The Balaban J connectivity index is 2.09. The minimum atomic E-state index is -0.440. The topological polar surface area (TPSA) is 74.4 Å². The molecule has 0 bridgehead atoms. The van der Waals surface area contributed by atoms with E-state index in [4.69, 9.17) is 15.2 Å². The van der Waals surface area contributed by atoms with Crippen LogP contribution >= 0.6 is 0 Å². The van der Waals surface area contributed by atoms with Crippen LogP contribution in [0.2, 0.25) is 0 Å². The van der Waals surface area contributed by atoms with Crippen molar-refractivity contribution in [2.24, 2.45) is 5.73 Å². The summed E-state index contributed by atoms with van der Waals surface area (Å²) >= 11 is 0. The van der Waals surface area contributed by atoms with E-state index in [2.05, 4.69) is 4.98 Å². The van der Waals surface area contributed by atoms with Crippen LogP contribution in [0.25, 0.3) is 0 Å². The molecule has 21 heavy (non-hydrogen) atoms. The highest BCUT2D eigenvalue weighted by molar-refractivity contribution is 5.92. The van der Waals surface area contributed by atoms with E-state index in [1.807, 2.05) is 18.2 Å².